The van der Waals surface area contributed by atoms with E-state index in [0.717, 1.165) is 17.7 Å². The van der Waals surface area contributed by atoms with Crippen molar-refractivity contribution in [1.29, 1.82) is 0 Å². The number of carbonyl (C=O) groups excluding carboxylic acids is 2. The number of aromatic nitrogens is 2. The first-order valence-electron chi connectivity index (χ1n) is 8.79. The van der Waals surface area contributed by atoms with Crippen LogP contribution in [0.25, 0.3) is 0 Å². The van der Waals surface area contributed by atoms with Crippen molar-refractivity contribution in [3.63, 3.8) is 0 Å². The number of piperidine rings is 1. The van der Waals surface area contributed by atoms with Crippen LogP contribution in [0.2, 0.25) is 0 Å². The van der Waals surface area contributed by atoms with Gasteiger partial charge >= 0.3 is 6.03 Å². The summed E-state index contributed by atoms with van der Waals surface area (Å²) in [6.07, 6.45) is 5.21. The number of hydrogen-bond donors (Lipinski definition) is 2. The predicted molar refractivity (Wildman–Crippen MR) is 101 cm³/mol. The number of ether oxygens (including phenoxy) is 1. The Hall–Kier alpha value is -3.16. The van der Waals surface area contributed by atoms with Crippen LogP contribution in [0.15, 0.2) is 43.0 Å². The van der Waals surface area contributed by atoms with Crippen molar-refractivity contribution >= 4 is 17.6 Å². The number of urea groups is 1. The highest BCUT2D eigenvalue weighted by Gasteiger charge is 2.32. The fourth-order valence-electron chi connectivity index (χ4n) is 3.33. The van der Waals surface area contributed by atoms with Crippen molar-refractivity contribution in [1.82, 2.24) is 20.2 Å². The normalized spacial score (nSPS) is 19.3. The third-order valence-electron chi connectivity index (χ3n) is 4.74. The van der Waals surface area contributed by atoms with Gasteiger partial charge in [-0.15, -0.1) is 0 Å². The number of hydrogen-bond acceptors (Lipinski definition) is 5. The number of benzene rings is 1. The quantitative estimate of drug-likeness (QED) is 0.859. The van der Waals surface area contributed by atoms with Crippen molar-refractivity contribution in [2.75, 3.05) is 25.5 Å². The molecule has 3 amide bonds. The Balaban J connectivity index is 1.74. The first-order chi connectivity index (χ1) is 13.1. The smallest absolute Gasteiger partial charge is 0.319 e. The van der Waals surface area contributed by atoms with Gasteiger partial charge in [-0.1, -0.05) is 12.1 Å². The van der Waals surface area contributed by atoms with E-state index in [9.17, 15) is 9.59 Å². The Labute approximate surface area is 158 Å². The lowest BCUT2D eigenvalue weighted by Crippen LogP contribution is -2.53. The molecule has 1 aliphatic heterocycles. The van der Waals surface area contributed by atoms with Gasteiger partial charge in [-0.3, -0.25) is 4.79 Å². The van der Waals surface area contributed by atoms with Crippen LogP contribution in [0.4, 0.5) is 10.5 Å². The lowest BCUT2D eigenvalue weighted by molar-refractivity contribution is -0.130. The Bertz CT molecular complexity index is 782. The minimum absolute atomic E-state index is 0.00634. The van der Waals surface area contributed by atoms with E-state index in [2.05, 4.69) is 20.6 Å². The molecule has 1 aliphatic rings. The molecular weight excluding hydrogens is 346 g/mol. The van der Waals surface area contributed by atoms with Gasteiger partial charge < -0.3 is 20.3 Å². The van der Waals surface area contributed by atoms with Crippen LogP contribution >= 0.6 is 0 Å². The summed E-state index contributed by atoms with van der Waals surface area (Å²) in [6.45, 7) is 2.68. The van der Waals surface area contributed by atoms with Crippen LogP contribution in [0.1, 0.15) is 24.8 Å². The lowest BCUT2D eigenvalue weighted by Gasteiger charge is -2.38. The first-order valence-corrected chi connectivity index (χ1v) is 8.79. The summed E-state index contributed by atoms with van der Waals surface area (Å²) >= 11 is 0. The van der Waals surface area contributed by atoms with Gasteiger partial charge in [0, 0.05) is 25.9 Å². The van der Waals surface area contributed by atoms with Crippen molar-refractivity contribution in [3.05, 3.63) is 48.5 Å². The largest absolute Gasteiger partial charge is 0.497 e. The maximum atomic E-state index is 12.4. The Morgan fingerprint density at radius 3 is 2.52 bits per heavy atom. The van der Waals surface area contributed by atoms with Crippen LogP contribution in [0.5, 0.6) is 5.75 Å². The molecule has 0 saturated carbocycles. The van der Waals surface area contributed by atoms with E-state index in [4.69, 9.17) is 4.74 Å². The van der Waals surface area contributed by atoms with E-state index in [1.807, 2.05) is 24.3 Å². The maximum absolute atomic E-state index is 12.4. The molecule has 1 aromatic carbocycles. The predicted octanol–water partition coefficient (Wildman–Crippen LogP) is 2.01. The van der Waals surface area contributed by atoms with Gasteiger partial charge in [0.05, 0.1) is 31.2 Å². The average molecular weight is 369 g/mol. The molecule has 0 radical (unpaired) electrons. The van der Waals surface area contributed by atoms with Gasteiger partial charge in [0.25, 0.3) is 0 Å². The molecule has 27 heavy (non-hydrogen) atoms. The summed E-state index contributed by atoms with van der Waals surface area (Å²) in [6, 6.07) is 7.27. The van der Waals surface area contributed by atoms with Crippen LogP contribution in [0.3, 0.4) is 0 Å². The summed E-state index contributed by atoms with van der Waals surface area (Å²) in [5.74, 6) is 0.891. The second-order valence-electron chi connectivity index (χ2n) is 6.47. The summed E-state index contributed by atoms with van der Waals surface area (Å²) in [7, 11) is 1.63. The molecule has 3 rings (SSSR count). The number of nitrogens with one attached hydrogen (secondary N) is 2. The Morgan fingerprint density at radius 2 is 1.89 bits per heavy atom. The van der Waals surface area contributed by atoms with E-state index >= 15 is 0 Å². The van der Waals surface area contributed by atoms with Gasteiger partial charge in [0.1, 0.15) is 12.1 Å². The van der Waals surface area contributed by atoms with Crippen LogP contribution < -0.4 is 15.4 Å². The third-order valence-corrected chi connectivity index (χ3v) is 4.74. The van der Waals surface area contributed by atoms with E-state index in [-0.39, 0.29) is 23.9 Å². The Kier molecular flexibility index (Phi) is 5.85. The van der Waals surface area contributed by atoms with Gasteiger partial charge in [0.15, 0.2) is 0 Å². The molecule has 1 aromatic heterocycles. The molecular formula is C19H23N5O3. The second-order valence-corrected chi connectivity index (χ2v) is 6.47. The average Bonchev–Trinajstić information content (AvgIpc) is 2.68. The zero-order valence-electron chi connectivity index (χ0n) is 15.4. The van der Waals surface area contributed by atoms with Gasteiger partial charge in [-0.2, -0.15) is 0 Å². The Morgan fingerprint density at radius 1 is 1.19 bits per heavy atom. The SMILES string of the molecule is COc1ccc(C2CCN(C(C)=O)CC2NC(=O)Nc2cncnc2)cc1. The minimum Gasteiger partial charge on any atom is -0.497 e. The minimum atomic E-state index is -0.348. The monoisotopic (exact) mass is 369 g/mol. The summed E-state index contributed by atoms with van der Waals surface area (Å²) in [5, 5.41) is 5.72. The van der Waals surface area contributed by atoms with E-state index in [1.165, 1.54) is 18.7 Å². The van der Waals surface area contributed by atoms with Crippen molar-refractivity contribution in [2.45, 2.75) is 25.3 Å². The van der Waals surface area contributed by atoms with Gasteiger partial charge in [-0.05, 0) is 24.1 Å². The van der Waals surface area contributed by atoms with Gasteiger partial charge in [0.2, 0.25) is 5.91 Å². The molecule has 2 aromatic rings. The van der Waals surface area contributed by atoms with Crippen LogP contribution in [-0.4, -0.2) is 53.0 Å². The molecule has 0 aliphatic carbocycles. The molecule has 1 saturated heterocycles. The van der Waals surface area contributed by atoms with Crippen molar-refractivity contribution in [2.24, 2.45) is 0 Å². The molecule has 0 spiro atoms. The summed E-state index contributed by atoms with van der Waals surface area (Å²) in [5.41, 5.74) is 1.61. The molecule has 2 heterocycles. The number of rotatable bonds is 4. The number of nitrogens with zero attached hydrogens (tertiary/aromatic N) is 3. The summed E-state index contributed by atoms with van der Waals surface area (Å²) in [4.78, 5) is 33.8. The molecule has 142 valence electrons. The van der Waals surface area contributed by atoms with Crippen molar-refractivity contribution < 1.29 is 14.3 Å². The first kappa shape index (κ1) is 18.6. The summed E-state index contributed by atoms with van der Waals surface area (Å²) < 4.78 is 5.22. The number of anilines is 1. The molecule has 2 unspecified atom stereocenters. The zero-order chi connectivity index (χ0) is 19.2. The number of methoxy groups -OCH3 is 1. The fourth-order valence-corrected chi connectivity index (χ4v) is 3.33. The highest BCUT2D eigenvalue weighted by molar-refractivity contribution is 5.89. The lowest BCUT2D eigenvalue weighted by atomic mass is 9.85. The zero-order valence-corrected chi connectivity index (χ0v) is 15.4. The standard InChI is InChI=1S/C19H23N5O3/c1-13(25)24-8-7-17(14-3-5-16(27-2)6-4-14)18(11-24)23-19(26)22-15-9-20-12-21-10-15/h3-6,9-10,12,17-18H,7-8,11H2,1-2H3,(H2,22,23,26). The topological polar surface area (TPSA) is 96.5 Å². The number of amides is 3. The van der Waals surface area contributed by atoms with E-state index in [1.54, 1.807) is 18.9 Å². The van der Waals surface area contributed by atoms with Gasteiger partial charge in [-0.25, -0.2) is 14.8 Å². The number of carbonyl (C=O) groups is 2. The van der Waals surface area contributed by atoms with E-state index in [0.29, 0.717) is 18.8 Å². The molecule has 0 bridgehead atoms. The maximum Gasteiger partial charge on any atom is 0.319 e. The second kappa shape index (κ2) is 8.48. The highest BCUT2D eigenvalue weighted by Crippen LogP contribution is 2.30. The molecule has 1 fully saturated rings. The highest BCUT2D eigenvalue weighted by atomic mass is 16.5. The molecule has 8 nitrogen and oxygen atoms in total. The molecule has 8 heteroatoms. The van der Waals surface area contributed by atoms with Crippen LogP contribution in [0, 0.1) is 0 Å². The molecule has 2 N–H and O–H groups in total. The molecule has 2 atom stereocenters. The van der Waals surface area contributed by atoms with Crippen LogP contribution in [-0.2, 0) is 4.79 Å². The number of likely N-dealkylation sites (tertiary alicyclic amines) is 1. The third kappa shape index (κ3) is 4.72. The fraction of sp³-hybridized carbons (Fsp3) is 0.368. The van der Waals surface area contributed by atoms with Crippen molar-refractivity contribution in [3.8, 4) is 5.75 Å². The van der Waals surface area contributed by atoms with E-state index < -0.39 is 0 Å².